The van der Waals surface area contributed by atoms with E-state index in [0.29, 0.717) is 32.4 Å². The number of ether oxygens (including phenoxy) is 1. The number of nitrogens with zero attached hydrogens (tertiary/aromatic N) is 2. The zero-order chi connectivity index (χ0) is 25.3. The van der Waals surface area contributed by atoms with Gasteiger partial charge in [-0.15, -0.1) is 0 Å². The van der Waals surface area contributed by atoms with Crippen molar-refractivity contribution in [1.29, 1.82) is 0 Å². The van der Waals surface area contributed by atoms with Crippen molar-refractivity contribution in [1.82, 2.24) is 9.88 Å². The second-order valence-corrected chi connectivity index (χ2v) is 9.98. The molecule has 0 bridgehead atoms. The molecule has 2 amide bonds. The Labute approximate surface area is 211 Å². The third-order valence-corrected chi connectivity index (χ3v) is 7.23. The molecule has 0 saturated carbocycles. The molecule has 1 fully saturated rings. The largest absolute Gasteiger partial charge is 0.491 e. The molecule has 3 aromatic rings. The van der Waals surface area contributed by atoms with Crippen LogP contribution in [-0.4, -0.2) is 46.9 Å². The maximum Gasteiger partial charge on any atom is 0.239 e. The highest BCUT2D eigenvalue weighted by atomic mass is 16.5. The highest BCUT2D eigenvalue weighted by Crippen LogP contribution is 2.46. The summed E-state index contributed by atoms with van der Waals surface area (Å²) in [5.74, 6) is 0.781. The number of carbonyl (C=O) groups excluding carboxylic acids is 2. The molecular formula is C29H32N4O3. The van der Waals surface area contributed by atoms with Crippen molar-refractivity contribution >= 4 is 17.5 Å². The Morgan fingerprint density at radius 1 is 1.06 bits per heavy atom. The number of nitrogens with two attached hydrogens (primary N) is 1. The lowest BCUT2D eigenvalue weighted by Gasteiger charge is -2.39. The van der Waals surface area contributed by atoms with Crippen LogP contribution >= 0.6 is 0 Å². The summed E-state index contributed by atoms with van der Waals surface area (Å²) in [6, 6.07) is 17.3. The van der Waals surface area contributed by atoms with Gasteiger partial charge in [0.25, 0.3) is 0 Å². The first-order chi connectivity index (χ1) is 17.4. The Bertz CT molecular complexity index is 1250. The minimum Gasteiger partial charge on any atom is -0.491 e. The molecule has 3 N–H and O–H groups in total. The predicted molar refractivity (Wildman–Crippen MR) is 140 cm³/mol. The molecule has 36 heavy (non-hydrogen) atoms. The number of fused-ring (bicyclic) bond motifs is 2. The van der Waals surface area contributed by atoms with Crippen LogP contribution in [0.2, 0.25) is 0 Å². The lowest BCUT2D eigenvalue weighted by Crippen LogP contribution is -2.52. The predicted octanol–water partition coefficient (Wildman–Crippen LogP) is 3.92. The standard InChI is InChI=1S/C29H32N4O3/c1-19(2)36-23-6-3-21(4-7-23)22-5-8-26-24(18-22)29(28(35)32-26)11-15-33(16-12-29)27(34)25(30)17-20-9-13-31-14-10-20/h3-10,13-14,18-19,25H,11-12,15-17,30H2,1-2H3,(H,32,35)/t25-/m0/s1. The first kappa shape index (κ1) is 24.0. The number of anilines is 1. The summed E-state index contributed by atoms with van der Waals surface area (Å²) in [5, 5.41) is 3.07. The van der Waals surface area contributed by atoms with Crippen molar-refractivity contribution in [2.24, 2.45) is 5.73 Å². The van der Waals surface area contributed by atoms with E-state index in [9.17, 15) is 9.59 Å². The van der Waals surface area contributed by atoms with E-state index in [1.54, 1.807) is 17.3 Å². The molecule has 3 heterocycles. The molecule has 1 aromatic heterocycles. The van der Waals surface area contributed by atoms with Gasteiger partial charge in [0.15, 0.2) is 0 Å². The zero-order valence-electron chi connectivity index (χ0n) is 20.7. The van der Waals surface area contributed by atoms with Crippen molar-refractivity contribution in [3.8, 4) is 16.9 Å². The molecule has 0 radical (unpaired) electrons. The van der Waals surface area contributed by atoms with Crippen LogP contribution in [0.3, 0.4) is 0 Å². The Kier molecular flexibility index (Phi) is 6.49. The van der Waals surface area contributed by atoms with E-state index >= 15 is 0 Å². The molecule has 0 unspecified atom stereocenters. The van der Waals surface area contributed by atoms with Gasteiger partial charge in [0.2, 0.25) is 11.8 Å². The molecule has 5 rings (SSSR count). The number of nitrogens with one attached hydrogen (secondary N) is 1. The summed E-state index contributed by atoms with van der Waals surface area (Å²) in [5.41, 5.74) is 10.6. The minimum absolute atomic E-state index is 0.0171. The monoisotopic (exact) mass is 484 g/mol. The number of likely N-dealkylation sites (tertiary alicyclic amines) is 1. The van der Waals surface area contributed by atoms with Gasteiger partial charge in [-0.1, -0.05) is 18.2 Å². The number of piperidine rings is 1. The first-order valence-electron chi connectivity index (χ1n) is 12.5. The Morgan fingerprint density at radius 3 is 2.39 bits per heavy atom. The smallest absolute Gasteiger partial charge is 0.239 e. The van der Waals surface area contributed by atoms with E-state index in [1.165, 1.54) is 0 Å². The minimum atomic E-state index is -0.627. The molecule has 2 aromatic carbocycles. The Hall–Kier alpha value is -3.71. The number of benzene rings is 2. The SMILES string of the molecule is CC(C)Oc1ccc(-c2ccc3c(c2)C2(CCN(C(=O)[C@@H](N)Cc4ccncc4)CC2)C(=O)N3)cc1. The van der Waals surface area contributed by atoms with Gasteiger partial charge in [-0.3, -0.25) is 14.6 Å². The van der Waals surface area contributed by atoms with Gasteiger partial charge in [0.05, 0.1) is 17.6 Å². The number of pyridine rings is 1. The highest BCUT2D eigenvalue weighted by molar-refractivity contribution is 6.07. The maximum atomic E-state index is 13.2. The van der Waals surface area contributed by atoms with Crippen molar-refractivity contribution in [3.05, 3.63) is 78.1 Å². The van der Waals surface area contributed by atoms with E-state index in [-0.39, 0.29) is 17.9 Å². The Balaban J connectivity index is 1.31. The molecule has 7 heteroatoms. The zero-order valence-corrected chi connectivity index (χ0v) is 20.7. The molecule has 2 aliphatic rings. The van der Waals surface area contributed by atoms with Gasteiger partial charge in [-0.25, -0.2) is 0 Å². The van der Waals surface area contributed by atoms with E-state index in [2.05, 4.69) is 16.4 Å². The summed E-state index contributed by atoms with van der Waals surface area (Å²) in [6.07, 6.45) is 5.14. The van der Waals surface area contributed by atoms with Crippen molar-refractivity contribution in [3.63, 3.8) is 0 Å². The number of hydrogen-bond donors (Lipinski definition) is 2. The lowest BCUT2D eigenvalue weighted by atomic mass is 9.73. The third-order valence-electron chi connectivity index (χ3n) is 7.23. The van der Waals surface area contributed by atoms with Crippen LogP contribution in [0, 0.1) is 0 Å². The fraction of sp³-hybridized carbons (Fsp3) is 0.345. The molecule has 1 spiro atoms. The lowest BCUT2D eigenvalue weighted by molar-refractivity contribution is -0.136. The van der Waals surface area contributed by atoms with E-state index in [1.807, 2.05) is 62.4 Å². The number of amides is 2. The third kappa shape index (κ3) is 4.58. The topological polar surface area (TPSA) is 97.6 Å². The molecule has 0 aliphatic carbocycles. The normalized spacial score (nSPS) is 17.1. The van der Waals surface area contributed by atoms with Gasteiger partial charge in [-0.2, -0.15) is 0 Å². The highest BCUT2D eigenvalue weighted by Gasteiger charge is 2.49. The molecule has 1 saturated heterocycles. The van der Waals surface area contributed by atoms with E-state index in [4.69, 9.17) is 10.5 Å². The number of rotatable bonds is 6. The van der Waals surface area contributed by atoms with Crippen LogP contribution in [0.15, 0.2) is 67.0 Å². The van der Waals surface area contributed by atoms with Crippen LogP contribution in [0.5, 0.6) is 5.75 Å². The second-order valence-electron chi connectivity index (χ2n) is 9.98. The van der Waals surface area contributed by atoms with Gasteiger partial charge < -0.3 is 20.7 Å². The summed E-state index contributed by atoms with van der Waals surface area (Å²) in [6.45, 7) is 5.01. The number of aromatic nitrogens is 1. The van der Waals surface area contributed by atoms with Crippen LogP contribution < -0.4 is 15.8 Å². The second kappa shape index (κ2) is 9.74. The Morgan fingerprint density at radius 2 is 1.72 bits per heavy atom. The van der Waals surface area contributed by atoms with Crippen molar-refractivity contribution in [2.75, 3.05) is 18.4 Å². The van der Waals surface area contributed by atoms with E-state index in [0.717, 1.165) is 33.7 Å². The fourth-order valence-electron chi connectivity index (χ4n) is 5.29. The summed E-state index contributed by atoms with van der Waals surface area (Å²) < 4.78 is 5.76. The van der Waals surface area contributed by atoms with Crippen LogP contribution in [0.25, 0.3) is 11.1 Å². The van der Waals surface area contributed by atoms with Crippen molar-refractivity contribution in [2.45, 2.75) is 50.7 Å². The molecule has 186 valence electrons. The molecule has 7 nitrogen and oxygen atoms in total. The summed E-state index contributed by atoms with van der Waals surface area (Å²) >= 11 is 0. The summed E-state index contributed by atoms with van der Waals surface area (Å²) in [7, 11) is 0. The van der Waals surface area contributed by atoms with E-state index < -0.39 is 11.5 Å². The molecular weight excluding hydrogens is 452 g/mol. The number of carbonyl (C=O) groups is 2. The summed E-state index contributed by atoms with van der Waals surface area (Å²) in [4.78, 5) is 32.1. The van der Waals surface area contributed by atoms with Crippen LogP contribution in [-0.2, 0) is 21.4 Å². The van der Waals surface area contributed by atoms with Gasteiger partial charge in [0.1, 0.15) is 5.75 Å². The quantitative estimate of drug-likeness (QED) is 0.553. The van der Waals surface area contributed by atoms with Crippen LogP contribution in [0.1, 0.15) is 37.8 Å². The van der Waals surface area contributed by atoms with Gasteiger partial charge in [0, 0.05) is 31.2 Å². The average molecular weight is 485 g/mol. The fourth-order valence-corrected chi connectivity index (χ4v) is 5.29. The van der Waals surface area contributed by atoms with Crippen molar-refractivity contribution < 1.29 is 14.3 Å². The molecule has 1 atom stereocenters. The van der Waals surface area contributed by atoms with Gasteiger partial charge >= 0.3 is 0 Å². The number of hydrogen-bond acceptors (Lipinski definition) is 5. The van der Waals surface area contributed by atoms with Gasteiger partial charge in [-0.05, 0) is 91.8 Å². The first-order valence-corrected chi connectivity index (χ1v) is 12.5. The average Bonchev–Trinajstić information content (AvgIpc) is 3.15. The molecule has 2 aliphatic heterocycles. The van der Waals surface area contributed by atoms with Crippen LogP contribution in [0.4, 0.5) is 5.69 Å². The maximum absolute atomic E-state index is 13.2.